The molecule has 1 saturated heterocycles. The average Bonchev–Trinajstić information content (AvgIpc) is 3.16. The molecule has 0 saturated carbocycles. The van der Waals surface area contributed by atoms with Crippen molar-refractivity contribution in [3.05, 3.63) is 59.4 Å². The molecule has 8 heteroatoms. The summed E-state index contributed by atoms with van der Waals surface area (Å²) in [5, 5.41) is 0. The minimum Gasteiger partial charge on any atom is -0.340 e. The number of benzene rings is 2. The van der Waals surface area contributed by atoms with E-state index in [1.807, 2.05) is 31.2 Å². The van der Waals surface area contributed by atoms with Crippen molar-refractivity contribution in [2.45, 2.75) is 37.6 Å². The van der Waals surface area contributed by atoms with Crippen molar-refractivity contribution in [1.29, 1.82) is 0 Å². The lowest BCUT2D eigenvalue weighted by atomic mass is 10.1. The Morgan fingerprint density at radius 1 is 1.13 bits per heavy atom. The number of carbonyl (C=O) groups excluding carboxylic acids is 1. The molecule has 0 bridgehead atoms. The fourth-order valence-electron chi connectivity index (χ4n) is 3.83. The van der Waals surface area contributed by atoms with Gasteiger partial charge in [0.1, 0.15) is 5.82 Å². The van der Waals surface area contributed by atoms with Crippen LogP contribution in [0, 0.1) is 6.92 Å². The summed E-state index contributed by atoms with van der Waals surface area (Å²) in [5.41, 5.74) is 2.90. The van der Waals surface area contributed by atoms with Gasteiger partial charge in [-0.15, -0.1) is 0 Å². The zero-order chi connectivity index (χ0) is 21.3. The minimum absolute atomic E-state index is 0.176. The number of piperidine rings is 1. The zero-order valence-electron chi connectivity index (χ0n) is 17.3. The third-order valence-corrected chi connectivity index (χ3v) is 7.46. The van der Waals surface area contributed by atoms with Gasteiger partial charge < -0.3 is 9.88 Å². The second kappa shape index (κ2) is 8.20. The SMILES string of the molecule is Cc1ccc(S(=O)(=O)N2CCCCC2)cc1C(=O)N(C)Cc1nc2ccccc2[nH]1. The summed E-state index contributed by atoms with van der Waals surface area (Å²) >= 11 is 0. The van der Waals surface area contributed by atoms with Gasteiger partial charge in [0.2, 0.25) is 10.0 Å². The van der Waals surface area contributed by atoms with Crippen LogP contribution in [0.4, 0.5) is 0 Å². The van der Waals surface area contributed by atoms with Crippen LogP contribution in [0.1, 0.15) is 41.0 Å². The molecule has 2 aromatic carbocycles. The number of para-hydroxylation sites is 2. The van der Waals surface area contributed by atoms with E-state index in [1.54, 1.807) is 24.1 Å². The normalized spacial score (nSPS) is 15.4. The van der Waals surface area contributed by atoms with Gasteiger partial charge in [-0.3, -0.25) is 4.79 Å². The molecule has 0 spiro atoms. The van der Waals surface area contributed by atoms with Gasteiger partial charge >= 0.3 is 0 Å². The molecule has 0 aliphatic carbocycles. The lowest BCUT2D eigenvalue weighted by Crippen LogP contribution is -2.35. The van der Waals surface area contributed by atoms with Gasteiger partial charge in [-0.25, -0.2) is 13.4 Å². The highest BCUT2D eigenvalue weighted by atomic mass is 32.2. The highest BCUT2D eigenvalue weighted by molar-refractivity contribution is 7.89. The van der Waals surface area contributed by atoms with Gasteiger partial charge in [-0.05, 0) is 49.6 Å². The number of fused-ring (bicyclic) bond motifs is 1. The van der Waals surface area contributed by atoms with E-state index in [0.717, 1.165) is 35.9 Å². The molecular formula is C22H26N4O3S. The predicted octanol–water partition coefficient (Wildman–Crippen LogP) is 3.32. The first kappa shape index (κ1) is 20.6. The Morgan fingerprint density at radius 2 is 1.87 bits per heavy atom. The molecule has 3 aromatic rings. The van der Waals surface area contributed by atoms with E-state index in [9.17, 15) is 13.2 Å². The molecule has 1 N–H and O–H groups in total. The number of nitrogens with zero attached hydrogens (tertiary/aromatic N) is 3. The number of aromatic nitrogens is 2. The maximum atomic E-state index is 13.1. The van der Waals surface area contributed by atoms with Crippen molar-refractivity contribution < 1.29 is 13.2 Å². The highest BCUT2D eigenvalue weighted by Crippen LogP contribution is 2.24. The van der Waals surface area contributed by atoms with Crippen LogP contribution < -0.4 is 0 Å². The first-order valence-electron chi connectivity index (χ1n) is 10.2. The molecule has 7 nitrogen and oxygen atoms in total. The summed E-state index contributed by atoms with van der Waals surface area (Å²) in [5.74, 6) is 0.449. The lowest BCUT2D eigenvalue weighted by Gasteiger charge is -2.26. The maximum absolute atomic E-state index is 13.1. The second-order valence-electron chi connectivity index (χ2n) is 7.80. The number of rotatable bonds is 5. The molecule has 1 aromatic heterocycles. The fraction of sp³-hybridized carbons (Fsp3) is 0.364. The van der Waals surface area contributed by atoms with Crippen molar-refractivity contribution in [3.63, 3.8) is 0 Å². The molecule has 1 aliphatic heterocycles. The molecule has 0 atom stereocenters. The van der Waals surface area contributed by atoms with Gasteiger partial charge in [0.05, 0.1) is 22.5 Å². The van der Waals surface area contributed by atoms with Crippen molar-refractivity contribution in [3.8, 4) is 0 Å². The highest BCUT2D eigenvalue weighted by Gasteiger charge is 2.27. The van der Waals surface area contributed by atoms with Crippen LogP contribution >= 0.6 is 0 Å². The Labute approximate surface area is 176 Å². The van der Waals surface area contributed by atoms with Crippen LogP contribution in [-0.4, -0.2) is 53.6 Å². The van der Waals surface area contributed by atoms with Crippen LogP contribution in [0.5, 0.6) is 0 Å². The minimum atomic E-state index is -3.59. The number of hydrogen-bond donors (Lipinski definition) is 1. The molecule has 1 fully saturated rings. The van der Waals surface area contributed by atoms with Gasteiger partial charge in [0.15, 0.2) is 0 Å². The number of carbonyl (C=O) groups is 1. The molecule has 158 valence electrons. The summed E-state index contributed by atoms with van der Waals surface area (Å²) in [6.45, 7) is 3.19. The number of sulfonamides is 1. The monoisotopic (exact) mass is 426 g/mol. The van der Waals surface area contributed by atoms with Crippen LogP contribution in [0.3, 0.4) is 0 Å². The van der Waals surface area contributed by atoms with Crippen molar-refractivity contribution in [1.82, 2.24) is 19.2 Å². The van der Waals surface area contributed by atoms with E-state index in [4.69, 9.17) is 0 Å². The smallest absolute Gasteiger partial charge is 0.254 e. The number of H-pyrrole nitrogens is 1. The van der Waals surface area contributed by atoms with E-state index < -0.39 is 10.0 Å². The zero-order valence-corrected chi connectivity index (χ0v) is 18.1. The molecule has 30 heavy (non-hydrogen) atoms. The van der Waals surface area contributed by atoms with E-state index >= 15 is 0 Å². The van der Waals surface area contributed by atoms with Gasteiger partial charge in [0, 0.05) is 25.7 Å². The molecule has 4 rings (SSSR count). The number of imidazole rings is 1. The largest absolute Gasteiger partial charge is 0.340 e. The van der Waals surface area contributed by atoms with E-state index in [1.165, 1.54) is 10.4 Å². The Balaban J connectivity index is 1.57. The van der Waals surface area contributed by atoms with Gasteiger partial charge in [-0.1, -0.05) is 24.6 Å². The lowest BCUT2D eigenvalue weighted by molar-refractivity contribution is 0.0781. The van der Waals surface area contributed by atoms with Crippen molar-refractivity contribution in [2.24, 2.45) is 0 Å². The fourth-order valence-corrected chi connectivity index (χ4v) is 5.37. The molecule has 1 aliphatic rings. The molecule has 0 radical (unpaired) electrons. The topological polar surface area (TPSA) is 86.4 Å². The second-order valence-corrected chi connectivity index (χ2v) is 9.74. The van der Waals surface area contributed by atoms with Crippen molar-refractivity contribution in [2.75, 3.05) is 20.1 Å². The number of hydrogen-bond acceptors (Lipinski definition) is 4. The summed E-state index contributed by atoms with van der Waals surface area (Å²) in [6.07, 6.45) is 2.80. The van der Waals surface area contributed by atoms with E-state index in [2.05, 4.69) is 9.97 Å². The van der Waals surface area contributed by atoms with Crippen molar-refractivity contribution >= 4 is 27.0 Å². The summed E-state index contributed by atoms with van der Waals surface area (Å²) in [4.78, 5) is 22.6. The molecular weight excluding hydrogens is 400 g/mol. The van der Waals surface area contributed by atoms with Crippen LogP contribution in [0.15, 0.2) is 47.4 Å². The van der Waals surface area contributed by atoms with Crippen LogP contribution in [-0.2, 0) is 16.6 Å². The summed E-state index contributed by atoms with van der Waals surface area (Å²) in [7, 11) is -1.90. The maximum Gasteiger partial charge on any atom is 0.254 e. The Morgan fingerprint density at radius 3 is 2.60 bits per heavy atom. The third kappa shape index (κ3) is 3.97. The molecule has 2 heterocycles. The van der Waals surface area contributed by atoms with Gasteiger partial charge in [-0.2, -0.15) is 4.31 Å². The standard InChI is InChI=1S/C22H26N4O3S/c1-16-10-11-17(30(28,29)26-12-6-3-7-13-26)14-18(16)22(27)25(2)15-21-23-19-8-4-5-9-20(19)24-21/h4-5,8-11,14H,3,6-7,12-13,15H2,1-2H3,(H,23,24). The Bertz CT molecular complexity index is 1150. The molecule has 0 unspecified atom stereocenters. The quantitative estimate of drug-likeness (QED) is 0.678. The van der Waals surface area contributed by atoms with Crippen LogP contribution in [0.2, 0.25) is 0 Å². The van der Waals surface area contributed by atoms with E-state index in [-0.39, 0.29) is 10.8 Å². The Hall–Kier alpha value is -2.71. The average molecular weight is 427 g/mol. The van der Waals surface area contributed by atoms with E-state index in [0.29, 0.717) is 31.0 Å². The summed E-state index contributed by atoms with van der Waals surface area (Å²) < 4.78 is 27.6. The number of amides is 1. The number of nitrogens with one attached hydrogen (secondary N) is 1. The number of aryl methyl sites for hydroxylation is 1. The first-order valence-corrected chi connectivity index (χ1v) is 11.6. The molecule has 1 amide bonds. The first-order chi connectivity index (χ1) is 14.4. The number of aromatic amines is 1. The summed E-state index contributed by atoms with van der Waals surface area (Å²) in [6, 6.07) is 12.5. The predicted molar refractivity (Wildman–Crippen MR) is 116 cm³/mol. The third-order valence-electron chi connectivity index (χ3n) is 5.56. The van der Waals surface area contributed by atoms with Gasteiger partial charge in [0.25, 0.3) is 5.91 Å². The Kier molecular flexibility index (Phi) is 5.62. The van der Waals surface area contributed by atoms with Crippen LogP contribution in [0.25, 0.3) is 11.0 Å².